The van der Waals surface area contributed by atoms with E-state index in [4.69, 9.17) is 4.74 Å². The van der Waals surface area contributed by atoms with Gasteiger partial charge in [0.1, 0.15) is 0 Å². The van der Waals surface area contributed by atoms with Gasteiger partial charge in [-0.25, -0.2) is 0 Å². The van der Waals surface area contributed by atoms with Crippen LogP contribution in [0, 0.1) is 11.3 Å². The quantitative estimate of drug-likeness (QED) is 0.592. The van der Waals surface area contributed by atoms with E-state index in [1.807, 2.05) is 0 Å². The molecule has 0 aromatic rings. The van der Waals surface area contributed by atoms with Crippen molar-refractivity contribution in [3.63, 3.8) is 0 Å². The Morgan fingerprint density at radius 3 is 2.64 bits per heavy atom. The monoisotopic (exact) mass is 194 g/mol. The molecule has 14 heavy (non-hydrogen) atoms. The third-order valence-electron chi connectivity index (χ3n) is 3.23. The van der Waals surface area contributed by atoms with Crippen LogP contribution in [0.15, 0.2) is 11.3 Å². The molecule has 1 atom stereocenters. The fraction of sp³-hybridized carbons (Fsp3) is 0.750. The summed E-state index contributed by atoms with van der Waals surface area (Å²) in [4.78, 5) is 12.0. The molecule has 1 aliphatic heterocycles. The number of ketones is 1. The summed E-state index contributed by atoms with van der Waals surface area (Å²) in [5.41, 5.74) is 1.33. The Labute approximate surface area is 85.3 Å². The number of Topliss-reactive ketones (excluding diaryl/α,β-unsaturated/α-hetero) is 1. The Balaban J connectivity index is 2.22. The van der Waals surface area contributed by atoms with Crippen LogP contribution in [0.5, 0.6) is 0 Å². The largest absolute Gasteiger partial charge is 0.490 e. The SMILES string of the molecule is CC(C)(C)[C@@H]1CC2=C(OCCC2)C1=O. The third-order valence-corrected chi connectivity index (χ3v) is 3.23. The average Bonchev–Trinajstić information content (AvgIpc) is 2.44. The van der Waals surface area contributed by atoms with Crippen LogP contribution in [0.25, 0.3) is 0 Å². The van der Waals surface area contributed by atoms with E-state index in [0.29, 0.717) is 5.76 Å². The van der Waals surface area contributed by atoms with E-state index in [1.165, 1.54) is 5.57 Å². The Morgan fingerprint density at radius 1 is 1.36 bits per heavy atom. The number of ether oxygens (including phenoxy) is 1. The smallest absolute Gasteiger partial charge is 0.201 e. The highest BCUT2D eigenvalue weighted by atomic mass is 16.5. The lowest BCUT2D eigenvalue weighted by atomic mass is 9.78. The summed E-state index contributed by atoms with van der Waals surface area (Å²) in [6.45, 7) is 7.12. The van der Waals surface area contributed by atoms with E-state index < -0.39 is 0 Å². The van der Waals surface area contributed by atoms with E-state index in [1.54, 1.807) is 0 Å². The first-order valence-electron chi connectivity index (χ1n) is 5.39. The fourth-order valence-electron chi connectivity index (χ4n) is 2.31. The number of hydrogen-bond acceptors (Lipinski definition) is 2. The van der Waals surface area contributed by atoms with Gasteiger partial charge in [0, 0.05) is 5.92 Å². The standard InChI is InChI=1S/C12H18O2/c1-12(2,3)9-7-8-5-4-6-14-11(8)10(9)13/h9H,4-7H2,1-3H3/t9-/m1/s1. The molecule has 0 radical (unpaired) electrons. The molecule has 78 valence electrons. The fourth-order valence-corrected chi connectivity index (χ4v) is 2.31. The molecule has 0 bridgehead atoms. The number of carbonyl (C=O) groups excluding carboxylic acids is 1. The van der Waals surface area contributed by atoms with Crippen molar-refractivity contribution in [2.75, 3.05) is 6.61 Å². The lowest BCUT2D eigenvalue weighted by molar-refractivity contribution is -0.124. The minimum atomic E-state index is 0.0672. The predicted molar refractivity (Wildman–Crippen MR) is 54.8 cm³/mol. The highest BCUT2D eigenvalue weighted by molar-refractivity contribution is 5.99. The van der Waals surface area contributed by atoms with Gasteiger partial charge in [0.15, 0.2) is 5.76 Å². The van der Waals surface area contributed by atoms with Crippen LogP contribution in [-0.4, -0.2) is 12.4 Å². The molecule has 1 heterocycles. The van der Waals surface area contributed by atoms with Crippen LogP contribution in [-0.2, 0) is 9.53 Å². The Bertz CT molecular complexity index is 294. The zero-order valence-electron chi connectivity index (χ0n) is 9.22. The van der Waals surface area contributed by atoms with E-state index in [0.717, 1.165) is 25.9 Å². The highest BCUT2D eigenvalue weighted by Crippen LogP contribution is 2.42. The van der Waals surface area contributed by atoms with Gasteiger partial charge in [-0.05, 0) is 30.3 Å². The molecule has 0 N–H and O–H groups in total. The van der Waals surface area contributed by atoms with E-state index in [-0.39, 0.29) is 17.1 Å². The molecule has 0 fully saturated rings. The van der Waals surface area contributed by atoms with Crippen molar-refractivity contribution in [1.29, 1.82) is 0 Å². The van der Waals surface area contributed by atoms with E-state index >= 15 is 0 Å². The lowest BCUT2D eigenvalue weighted by Gasteiger charge is -2.25. The van der Waals surface area contributed by atoms with Crippen molar-refractivity contribution in [1.82, 2.24) is 0 Å². The summed E-state index contributed by atoms with van der Waals surface area (Å²) in [5, 5.41) is 0. The summed E-state index contributed by atoms with van der Waals surface area (Å²) in [6.07, 6.45) is 3.06. The molecule has 2 rings (SSSR count). The van der Waals surface area contributed by atoms with Gasteiger partial charge in [0.05, 0.1) is 6.61 Å². The van der Waals surface area contributed by atoms with Crippen molar-refractivity contribution in [3.8, 4) is 0 Å². The molecular weight excluding hydrogens is 176 g/mol. The maximum Gasteiger partial charge on any atom is 0.201 e. The second-order valence-electron chi connectivity index (χ2n) is 5.37. The molecule has 0 unspecified atom stereocenters. The van der Waals surface area contributed by atoms with Crippen LogP contribution in [0.2, 0.25) is 0 Å². The van der Waals surface area contributed by atoms with Crippen molar-refractivity contribution in [3.05, 3.63) is 11.3 Å². The summed E-state index contributed by atoms with van der Waals surface area (Å²) in [7, 11) is 0. The summed E-state index contributed by atoms with van der Waals surface area (Å²) < 4.78 is 5.47. The Hall–Kier alpha value is -0.790. The molecule has 0 saturated carbocycles. The molecule has 2 nitrogen and oxygen atoms in total. The molecule has 0 spiro atoms. The second kappa shape index (κ2) is 3.11. The number of carbonyl (C=O) groups is 1. The minimum absolute atomic E-state index is 0.0672. The van der Waals surface area contributed by atoms with Crippen molar-refractivity contribution >= 4 is 5.78 Å². The first-order valence-corrected chi connectivity index (χ1v) is 5.39. The zero-order valence-corrected chi connectivity index (χ0v) is 9.22. The van der Waals surface area contributed by atoms with Gasteiger partial charge >= 0.3 is 0 Å². The lowest BCUT2D eigenvalue weighted by Crippen LogP contribution is -2.26. The second-order valence-corrected chi connectivity index (χ2v) is 5.37. The zero-order chi connectivity index (χ0) is 10.3. The summed E-state index contributed by atoms with van der Waals surface area (Å²) in [5.74, 6) is 1.09. The molecular formula is C12H18O2. The number of allylic oxidation sites excluding steroid dienone is 2. The van der Waals surface area contributed by atoms with Crippen molar-refractivity contribution < 1.29 is 9.53 Å². The first kappa shape index (κ1) is 9.75. The third kappa shape index (κ3) is 1.47. The predicted octanol–water partition coefficient (Wildman–Crippen LogP) is 2.69. The van der Waals surface area contributed by atoms with Gasteiger partial charge < -0.3 is 4.74 Å². The summed E-state index contributed by atoms with van der Waals surface area (Å²) in [6, 6.07) is 0. The maximum atomic E-state index is 12.0. The molecule has 0 saturated heterocycles. The van der Waals surface area contributed by atoms with Gasteiger partial charge in [-0.1, -0.05) is 20.8 Å². The summed E-state index contributed by atoms with van der Waals surface area (Å²) >= 11 is 0. The van der Waals surface area contributed by atoms with Crippen LogP contribution < -0.4 is 0 Å². The van der Waals surface area contributed by atoms with Crippen LogP contribution >= 0.6 is 0 Å². The molecule has 1 aliphatic carbocycles. The Morgan fingerprint density at radius 2 is 2.07 bits per heavy atom. The molecule has 2 heteroatoms. The average molecular weight is 194 g/mol. The molecule has 0 amide bonds. The van der Waals surface area contributed by atoms with Crippen molar-refractivity contribution in [2.45, 2.75) is 40.0 Å². The Kier molecular flexibility index (Phi) is 2.17. The van der Waals surface area contributed by atoms with Crippen LogP contribution in [0.1, 0.15) is 40.0 Å². The maximum absolute atomic E-state index is 12.0. The minimum Gasteiger partial charge on any atom is -0.490 e. The number of hydrogen-bond donors (Lipinski definition) is 0. The highest BCUT2D eigenvalue weighted by Gasteiger charge is 2.41. The number of rotatable bonds is 0. The van der Waals surface area contributed by atoms with Crippen molar-refractivity contribution in [2.24, 2.45) is 11.3 Å². The molecule has 0 aromatic heterocycles. The van der Waals surface area contributed by atoms with Gasteiger partial charge in [-0.2, -0.15) is 0 Å². The van der Waals surface area contributed by atoms with Gasteiger partial charge in [0.25, 0.3) is 0 Å². The van der Waals surface area contributed by atoms with Gasteiger partial charge in [0.2, 0.25) is 5.78 Å². The molecule has 2 aliphatic rings. The first-order chi connectivity index (χ1) is 6.50. The topological polar surface area (TPSA) is 26.3 Å². The van der Waals surface area contributed by atoms with Crippen LogP contribution in [0.3, 0.4) is 0 Å². The molecule has 0 aromatic carbocycles. The normalized spacial score (nSPS) is 27.6. The van der Waals surface area contributed by atoms with Gasteiger partial charge in [-0.15, -0.1) is 0 Å². The van der Waals surface area contributed by atoms with E-state index in [2.05, 4.69) is 20.8 Å². The van der Waals surface area contributed by atoms with Crippen LogP contribution in [0.4, 0.5) is 0 Å². The van der Waals surface area contributed by atoms with Gasteiger partial charge in [-0.3, -0.25) is 4.79 Å². The van der Waals surface area contributed by atoms with E-state index in [9.17, 15) is 4.79 Å².